The number of benzene rings is 8. The van der Waals surface area contributed by atoms with Crippen molar-refractivity contribution in [3.8, 4) is 27.9 Å². The third-order valence-corrected chi connectivity index (χ3v) is 16.2. The van der Waals surface area contributed by atoms with Gasteiger partial charge in [0.25, 0.3) is 0 Å². The van der Waals surface area contributed by atoms with E-state index in [-0.39, 0.29) is 5.41 Å². The molecule has 2 nitrogen and oxygen atoms in total. The lowest BCUT2D eigenvalue weighted by Crippen LogP contribution is -2.34. The molecule has 1 aromatic heterocycles. The van der Waals surface area contributed by atoms with E-state index < -0.39 is 0 Å². The van der Waals surface area contributed by atoms with Crippen molar-refractivity contribution < 1.29 is 0 Å². The first-order chi connectivity index (χ1) is 30.3. The van der Waals surface area contributed by atoms with Gasteiger partial charge in [-0.15, -0.1) is 0 Å². The van der Waals surface area contributed by atoms with Crippen LogP contribution in [0.2, 0.25) is 0 Å². The van der Waals surface area contributed by atoms with E-state index in [4.69, 9.17) is 0 Å². The van der Waals surface area contributed by atoms with E-state index in [1.54, 1.807) is 5.56 Å². The Balaban J connectivity index is 0.898. The molecule has 3 fully saturated rings. The van der Waals surface area contributed by atoms with E-state index in [1.165, 1.54) is 121 Å². The Morgan fingerprint density at radius 1 is 0.500 bits per heavy atom. The van der Waals surface area contributed by atoms with Crippen LogP contribution in [0.5, 0.6) is 0 Å². The predicted molar refractivity (Wildman–Crippen MR) is 260 cm³/mol. The van der Waals surface area contributed by atoms with Crippen LogP contribution >= 0.6 is 0 Å². The van der Waals surface area contributed by atoms with Crippen LogP contribution in [0.3, 0.4) is 0 Å². The molecule has 62 heavy (non-hydrogen) atoms. The van der Waals surface area contributed by atoms with Crippen molar-refractivity contribution in [1.82, 2.24) is 4.57 Å². The Bertz CT molecular complexity index is 3230. The number of para-hydroxylation sites is 1. The van der Waals surface area contributed by atoms with Crippen molar-refractivity contribution in [2.45, 2.75) is 63.7 Å². The number of fused-ring (bicyclic) bond motifs is 8. The zero-order chi connectivity index (χ0) is 41.3. The van der Waals surface area contributed by atoms with E-state index >= 15 is 0 Å². The van der Waals surface area contributed by atoms with Crippen LogP contribution in [-0.4, -0.2) is 4.57 Å². The van der Waals surface area contributed by atoms with Gasteiger partial charge in [-0.05, 0) is 178 Å². The lowest BCUT2D eigenvalue weighted by Gasteiger charge is -2.42. The molecule has 2 unspecified atom stereocenters. The lowest BCUT2D eigenvalue weighted by molar-refractivity contribution is 0.0780. The second kappa shape index (κ2) is 13.3. The fraction of sp³-hybridized carbons (Fsp3) is 0.233. The van der Waals surface area contributed by atoms with Gasteiger partial charge in [0, 0.05) is 38.9 Å². The average Bonchev–Trinajstić information content (AvgIpc) is 3.83. The number of nitrogens with zero attached hydrogens (tertiary/aromatic N) is 2. The van der Waals surface area contributed by atoms with Gasteiger partial charge < -0.3 is 9.47 Å². The predicted octanol–water partition coefficient (Wildman–Crippen LogP) is 16.1. The molecular weight excluding hydrogens is 749 g/mol. The Labute approximate surface area is 365 Å². The smallest absolute Gasteiger partial charge is 0.0547 e. The topological polar surface area (TPSA) is 8.17 Å². The summed E-state index contributed by atoms with van der Waals surface area (Å²) < 4.78 is 2.44. The van der Waals surface area contributed by atoms with Crippen molar-refractivity contribution in [2.24, 2.45) is 23.7 Å². The maximum Gasteiger partial charge on any atom is 0.0547 e. The third-order valence-electron chi connectivity index (χ3n) is 16.2. The van der Waals surface area contributed by atoms with Crippen molar-refractivity contribution in [1.29, 1.82) is 0 Å². The summed E-state index contributed by atoms with van der Waals surface area (Å²) in [4.78, 5) is 2.49. The molecule has 0 spiro atoms. The number of hydrogen-bond donors (Lipinski definition) is 0. The minimum atomic E-state index is -0.0785. The molecule has 5 atom stereocenters. The summed E-state index contributed by atoms with van der Waals surface area (Å²) in [6.07, 6.45) is 7.03. The normalized spacial score (nSPS) is 23.0. The first kappa shape index (κ1) is 36.3. The van der Waals surface area contributed by atoms with E-state index in [1.807, 2.05) is 0 Å². The van der Waals surface area contributed by atoms with E-state index in [9.17, 15) is 0 Å². The molecular formula is C60H52N2. The van der Waals surface area contributed by atoms with Gasteiger partial charge in [-0.1, -0.05) is 130 Å². The van der Waals surface area contributed by atoms with Crippen LogP contribution in [0.15, 0.2) is 176 Å². The first-order valence-electron chi connectivity index (χ1n) is 23.1. The summed E-state index contributed by atoms with van der Waals surface area (Å²) in [6.45, 7) is 7.29. The molecule has 0 radical (unpaired) electrons. The molecule has 0 aliphatic heterocycles. The van der Waals surface area contributed by atoms with E-state index in [2.05, 4.69) is 206 Å². The van der Waals surface area contributed by atoms with Gasteiger partial charge in [-0.2, -0.15) is 0 Å². The minimum Gasteiger partial charge on any atom is -0.310 e. The standard InChI is InChI=1S/C60H52N2/c1-38-29-43-30-44-36-60(35-38,37-54(43)44)45-21-25-47(26-22-45)61(49-27-28-51-50-15-6-8-17-55(50)59(2,3)56(51)34-49)46-23-19-39(20-24-46)40-13-10-14-48(31-40)62-57-18-9-7-16-52(57)53-32-41-11-4-5-12-42(41)33-58(53)62/h4-28,31-34,38,43-44,54H,29-30,35-37H2,1-3H3/t38-,43-,44-,54?,60?/m0/s1. The molecule has 2 heteroatoms. The minimum absolute atomic E-state index is 0.0785. The molecule has 2 bridgehead atoms. The average molecular weight is 801 g/mol. The first-order valence-corrected chi connectivity index (χ1v) is 23.1. The highest BCUT2D eigenvalue weighted by molar-refractivity contribution is 6.13. The zero-order valence-electron chi connectivity index (χ0n) is 36.0. The highest BCUT2D eigenvalue weighted by Crippen LogP contribution is 2.65. The van der Waals surface area contributed by atoms with Crippen LogP contribution in [0.4, 0.5) is 17.1 Å². The van der Waals surface area contributed by atoms with Crippen LogP contribution in [0.1, 0.15) is 69.6 Å². The van der Waals surface area contributed by atoms with Gasteiger partial charge in [0.05, 0.1) is 11.0 Å². The molecule has 4 aliphatic carbocycles. The van der Waals surface area contributed by atoms with Crippen LogP contribution in [0, 0.1) is 23.7 Å². The molecule has 1 heterocycles. The third kappa shape index (κ3) is 5.35. The van der Waals surface area contributed by atoms with Crippen molar-refractivity contribution in [2.75, 3.05) is 4.90 Å². The lowest BCUT2D eigenvalue weighted by atomic mass is 9.63. The number of hydrogen-bond acceptors (Lipinski definition) is 1. The van der Waals surface area contributed by atoms with Gasteiger partial charge in [0.15, 0.2) is 0 Å². The second-order valence-electron chi connectivity index (χ2n) is 20.1. The number of aromatic nitrogens is 1. The molecule has 8 aromatic carbocycles. The summed E-state index contributed by atoms with van der Waals surface area (Å²) in [5.41, 5.74) is 17.0. The summed E-state index contributed by atoms with van der Waals surface area (Å²) >= 11 is 0. The molecule has 13 rings (SSSR count). The van der Waals surface area contributed by atoms with Crippen molar-refractivity contribution in [3.05, 3.63) is 193 Å². The van der Waals surface area contributed by atoms with Crippen LogP contribution in [-0.2, 0) is 10.8 Å². The molecule has 3 saturated carbocycles. The van der Waals surface area contributed by atoms with Gasteiger partial charge in [0.2, 0.25) is 0 Å². The molecule has 302 valence electrons. The van der Waals surface area contributed by atoms with Crippen LogP contribution in [0.25, 0.3) is 60.5 Å². The Morgan fingerprint density at radius 3 is 2.05 bits per heavy atom. The van der Waals surface area contributed by atoms with Crippen molar-refractivity contribution >= 4 is 49.6 Å². The maximum atomic E-state index is 2.52. The van der Waals surface area contributed by atoms with Crippen LogP contribution < -0.4 is 4.90 Å². The number of anilines is 3. The van der Waals surface area contributed by atoms with E-state index in [0.717, 1.165) is 23.7 Å². The maximum absolute atomic E-state index is 2.52. The Morgan fingerprint density at radius 2 is 1.21 bits per heavy atom. The fourth-order valence-corrected chi connectivity index (χ4v) is 13.4. The molecule has 0 saturated heterocycles. The quantitative estimate of drug-likeness (QED) is 0.163. The second-order valence-corrected chi connectivity index (χ2v) is 20.1. The van der Waals surface area contributed by atoms with Gasteiger partial charge in [-0.25, -0.2) is 0 Å². The zero-order valence-corrected chi connectivity index (χ0v) is 36.0. The summed E-state index contributed by atoms with van der Waals surface area (Å²) in [5, 5.41) is 5.09. The monoisotopic (exact) mass is 800 g/mol. The largest absolute Gasteiger partial charge is 0.310 e. The van der Waals surface area contributed by atoms with Gasteiger partial charge in [-0.3, -0.25) is 0 Å². The van der Waals surface area contributed by atoms with Crippen molar-refractivity contribution in [3.63, 3.8) is 0 Å². The van der Waals surface area contributed by atoms with Gasteiger partial charge in [0.1, 0.15) is 0 Å². The summed E-state index contributed by atoms with van der Waals surface area (Å²) in [7, 11) is 0. The Hall–Kier alpha value is -6.38. The summed E-state index contributed by atoms with van der Waals surface area (Å²) in [5.74, 6) is 3.69. The molecule has 0 amide bonds. The molecule has 0 N–H and O–H groups in total. The Kier molecular flexibility index (Phi) is 7.79. The number of rotatable bonds is 6. The van der Waals surface area contributed by atoms with E-state index in [0.29, 0.717) is 5.41 Å². The fourth-order valence-electron chi connectivity index (χ4n) is 13.4. The highest BCUT2D eigenvalue weighted by atomic mass is 15.1. The SMILES string of the molecule is C[C@H]1C[C@H]2C[C@H]3CC(c4ccc(N(c5ccc(-c6cccc(-n7c8ccccc8c8cc9ccccc9cc87)c6)cc5)c5ccc6c(c5)C(C)(C)c5ccccc5-6)cc4)(CC23)C1. The molecule has 9 aromatic rings. The molecule has 4 aliphatic rings. The van der Waals surface area contributed by atoms with Gasteiger partial charge >= 0.3 is 0 Å². The summed E-state index contributed by atoms with van der Waals surface area (Å²) in [6, 6.07) is 66.6. The highest BCUT2D eigenvalue weighted by Gasteiger charge is 2.57.